The Labute approximate surface area is 177 Å². The van der Waals surface area contributed by atoms with E-state index in [4.69, 9.17) is 9.47 Å². The zero-order valence-electron chi connectivity index (χ0n) is 16.8. The third kappa shape index (κ3) is 4.40. The van der Waals surface area contributed by atoms with E-state index in [-0.39, 0.29) is 42.6 Å². The van der Waals surface area contributed by atoms with Crippen LogP contribution in [0.3, 0.4) is 0 Å². The number of hydrogen-bond acceptors (Lipinski definition) is 6. The van der Waals surface area contributed by atoms with E-state index in [0.29, 0.717) is 5.88 Å². The van der Waals surface area contributed by atoms with E-state index >= 15 is 0 Å². The lowest BCUT2D eigenvalue weighted by atomic mass is 10.1. The molecule has 9 nitrogen and oxygen atoms in total. The van der Waals surface area contributed by atoms with Crippen LogP contribution in [-0.2, 0) is 17.9 Å². The van der Waals surface area contributed by atoms with Crippen molar-refractivity contribution in [3.05, 3.63) is 91.8 Å². The fraction of sp³-hybridized carbons (Fsp3) is 0.182. The summed E-state index contributed by atoms with van der Waals surface area (Å²) in [6.07, 6.45) is 3.05. The molecule has 4 rings (SSSR count). The predicted octanol–water partition coefficient (Wildman–Crippen LogP) is 1.08. The number of benzene rings is 1. The Hall–Kier alpha value is -4.14. The molecular formula is C22H20N4O5. The highest BCUT2D eigenvalue weighted by molar-refractivity contribution is 5.98. The van der Waals surface area contributed by atoms with Crippen LogP contribution >= 0.6 is 0 Å². The van der Waals surface area contributed by atoms with Crippen LogP contribution in [0.1, 0.15) is 16.7 Å². The number of nitrogens with zero attached hydrogens (tertiary/aromatic N) is 2. The highest BCUT2D eigenvalue weighted by Gasteiger charge is 2.22. The van der Waals surface area contributed by atoms with Gasteiger partial charge in [0.05, 0.1) is 19.2 Å². The Kier molecular flexibility index (Phi) is 5.65. The maximum Gasteiger partial charge on any atom is 0.331 e. The van der Waals surface area contributed by atoms with Gasteiger partial charge in [-0.05, 0) is 23.3 Å². The van der Waals surface area contributed by atoms with Gasteiger partial charge in [0.25, 0.3) is 11.5 Å². The van der Waals surface area contributed by atoms with Crippen molar-refractivity contribution in [1.29, 1.82) is 0 Å². The molecule has 0 fully saturated rings. The summed E-state index contributed by atoms with van der Waals surface area (Å²) >= 11 is 0. The third-order valence-corrected chi connectivity index (χ3v) is 4.81. The van der Waals surface area contributed by atoms with Crippen molar-refractivity contribution in [2.75, 3.05) is 13.7 Å². The van der Waals surface area contributed by atoms with Crippen LogP contribution in [0.4, 0.5) is 0 Å². The Morgan fingerprint density at radius 1 is 1.23 bits per heavy atom. The molecular weight excluding hydrogens is 400 g/mol. The maximum atomic E-state index is 12.9. The number of ether oxygens (including phenoxy) is 2. The number of nitrogens with one attached hydrogen (secondary N) is 2. The molecule has 0 bridgehead atoms. The largest absolute Gasteiger partial charge is 0.481 e. The number of rotatable bonds is 6. The fourth-order valence-corrected chi connectivity index (χ4v) is 3.18. The zero-order chi connectivity index (χ0) is 21.8. The summed E-state index contributed by atoms with van der Waals surface area (Å²) in [5, 5.41) is 2.78. The number of carbonyl (C=O) groups excluding carboxylic acids is 1. The lowest BCUT2D eigenvalue weighted by molar-refractivity contribution is -0.117. The zero-order valence-corrected chi connectivity index (χ0v) is 16.8. The van der Waals surface area contributed by atoms with E-state index < -0.39 is 11.2 Å². The first-order valence-corrected chi connectivity index (χ1v) is 9.56. The van der Waals surface area contributed by atoms with Gasteiger partial charge >= 0.3 is 5.69 Å². The molecule has 2 aromatic heterocycles. The van der Waals surface area contributed by atoms with E-state index in [9.17, 15) is 14.4 Å². The second-order valence-corrected chi connectivity index (χ2v) is 6.90. The van der Waals surface area contributed by atoms with Crippen molar-refractivity contribution in [3.8, 4) is 11.8 Å². The number of hydrogen-bond donors (Lipinski definition) is 2. The summed E-state index contributed by atoms with van der Waals surface area (Å²) in [4.78, 5) is 44.5. The molecule has 2 N–H and O–H groups in total. The molecule has 0 spiro atoms. The lowest BCUT2D eigenvalue weighted by Gasteiger charge is -2.18. The summed E-state index contributed by atoms with van der Waals surface area (Å²) in [5.41, 5.74) is 0.947. The molecule has 1 aliphatic rings. The standard InChI is InChI=1S/C22H20N4O5/c1-30-18-9-15(7-8-23-18)11-24-19(27)16-10-17-20(31-13-16)25-22(29)26(21(17)28)12-14-5-3-2-4-6-14/h2-10H,11-13H2,1H3,(H,24,27)(H,25,29). The van der Waals surface area contributed by atoms with Gasteiger partial charge in [0, 0.05) is 18.8 Å². The van der Waals surface area contributed by atoms with Crippen LogP contribution in [0.5, 0.6) is 11.8 Å². The smallest absolute Gasteiger partial charge is 0.331 e. The van der Waals surface area contributed by atoms with Gasteiger partial charge in [0.1, 0.15) is 12.2 Å². The van der Waals surface area contributed by atoms with Crippen LogP contribution in [-0.4, -0.2) is 34.2 Å². The number of carbonyl (C=O) groups is 1. The van der Waals surface area contributed by atoms with Gasteiger partial charge < -0.3 is 14.8 Å². The minimum atomic E-state index is -0.569. The first kappa shape index (κ1) is 20.1. The number of aromatic amines is 1. The van der Waals surface area contributed by atoms with Crippen LogP contribution in [0.2, 0.25) is 0 Å². The fourth-order valence-electron chi connectivity index (χ4n) is 3.18. The number of H-pyrrole nitrogens is 1. The maximum absolute atomic E-state index is 12.9. The summed E-state index contributed by atoms with van der Waals surface area (Å²) in [6, 6.07) is 12.6. The first-order chi connectivity index (χ1) is 15.0. The second-order valence-electron chi connectivity index (χ2n) is 6.90. The third-order valence-electron chi connectivity index (χ3n) is 4.81. The van der Waals surface area contributed by atoms with E-state index in [0.717, 1.165) is 15.7 Å². The Morgan fingerprint density at radius 3 is 2.81 bits per heavy atom. The van der Waals surface area contributed by atoms with E-state index in [1.807, 2.05) is 30.3 Å². The van der Waals surface area contributed by atoms with Crippen LogP contribution in [0, 0.1) is 0 Å². The van der Waals surface area contributed by atoms with E-state index in [1.54, 1.807) is 18.3 Å². The van der Waals surface area contributed by atoms with Gasteiger partial charge in [-0.1, -0.05) is 30.3 Å². The Bertz CT molecular complexity index is 1260. The molecule has 1 aliphatic heterocycles. The lowest BCUT2D eigenvalue weighted by Crippen LogP contribution is -2.39. The van der Waals surface area contributed by atoms with Crippen molar-refractivity contribution < 1.29 is 14.3 Å². The van der Waals surface area contributed by atoms with Crippen molar-refractivity contribution >= 4 is 12.0 Å². The molecule has 0 saturated heterocycles. The van der Waals surface area contributed by atoms with Crippen LogP contribution in [0.15, 0.2) is 63.8 Å². The number of amides is 1. The van der Waals surface area contributed by atoms with Gasteiger partial charge in [-0.3, -0.25) is 19.1 Å². The van der Waals surface area contributed by atoms with Crippen molar-refractivity contribution in [3.63, 3.8) is 0 Å². The Morgan fingerprint density at radius 2 is 2.03 bits per heavy atom. The van der Waals surface area contributed by atoms with Crippen molar-refractivity contribution in [1.82, 2.24) is 19.9 Å². The van der Waals surface area contributed by atoms with Crippen LogP contribution < -0.4 is 26.0 Å². The molecule has 1 amide bonds. The Balaban J connectivity index is 1.56. The average Bonchev–Trinajstić information content (AvgIpc) is 2.81. The molecule has 0 saturated carbocycles. The number of aromatic nitrogens is 3. The molecule has 0 atom stereocenters. The van der Waals surface area contributed by atoms with Crippen molar-refractivity contribution in [2.24, 2.45) is 0 Å². The van der Waals surface area contributed by atoms with Gasteiger partial charge in [-0.15, -0.1) is 0 Å². The predicted molar refractivity (Wildman–Crippen MR) is 113 cm³/mol. The molecule has 158 valence electrons. The molecule has 31 heavy (non-hydrogen) atoms. The summed E-state index contributed by atoms with van der Waals surface area (Å²) in [6.45, 7) is 0.309. The molecule has 0 radical (unpaired) electrons. The SMILES string of the molecule is COc1cc(CNC(=O)C2=Cc3c([nH]c(=O)n(Cc4ccccc4)c3=O)OC2)ccn1. The van der Waals surface area contributed by atoms with Gasteiger partial charge in [0.15, 0.2) is 0 Å². The topological polar surface area (TPSA) is 115 Å². The number of fused-ring (bicyclic) bond motifs is 1. The summed E-state index contributed by atoms with van der Waals surface area (Å²) < 4.78 is 11.6. The molecule has 3 aromatic rings. The minimum Gasteiger partial charge on any atom is -0.481 e. The van der Waals surface area contributed by atoms with Gasteiger partial charge in [-0.2, -0.15) is 0 Å². The van der Waals surface area contributed by atoms with Crippen LogP contribution in [0.25, 0.3) is 6.08 Å². The molecule has 1 aromatic carbocycles. The molecule has 0 aliphatic carbocycles. The quantitative estimate of drug-likeness (QED) is 0.617. The highest BCUT2D eigenvalue weighted by Crippen LogP contribution is 2.20. The normalized spacial score (nSPS) is 12.4. The summed E-state index contributed by atoms with van der Waals surface area (Å²) in [5.74, 6) is 0.139. The van der Waals surface area contributed by atoms with E-state index in [1.165, 1.54) is 13.2 Å². The minimum absolute atomic E-state index is 0.0590. The second kappa shape index (κ2) is 8.70. The first-order valence-electron chi connectivity index (χ1n) is 9.56. The van der Waals surface area contributed by atoms with Gasteiger partial charge in [-0.25, -0.2) is 9.78 Å². The highest BCUT2D eigenvalue weighted by atomic mass is 16.5. The van der Waals surface area contributed by atoms with E-state index in [2.05, 4.69) is 15.3 Å². The molecule has 0 unspecified atom stereocenters. The number of pyridine rings is 1. The monoisotopic (exact) mass is 420 g/mol. The number of methoxy groups -OCH3 is 1. The van der Waals surface area contributed by atoms with Crippen molar-refractivity contribution in [2.45, 2.75) is 13.1 Å². The van der Waals surface area contributed by atoms with Gasteiger partial charge in [0.2, 0.25) is 11.8 Å². The average molecular weight is 420 g/mol. The molecule has 3 heterocycles. The molecule has 9 heteroatoms. The summed E-state index contributed by atoms with van der Waals surface area (Å²) in [7, 11) is 1.52.